The topological polar surface area (TPSA) is 27.7 Å². The third kappa shape index (κ3) is 6.99. The summed E-state index contributed by atoms with van der Waals surface area (Å²) >= 11 is 0. The second kappa shape index (κ2) is 8.86. The van der Waals surface area contributed by atoms with Gasteiger partial charge in [-0.05, 0) is 33.5 Å². The molecule has 0 saturated carbocycles. The number of hydrogen-bond acceptors (Lipinski definition) is 4. The predicted molar refractivity (Wildman–Crippen MR) is 72.5 cm³/mol. The summed E-state index contributed by atoms with van der Waals surface area (Å²) in [6.07, 6.45) is 2.81. The number of nitrogens with zero attached hydrogens (tertiary/aromatic N) is 2. The van der Waals surface area contributed by atoms with E-state index in [2.05, 4.69) is 36.1 Å². The van der Waals surface area contributed by atoms with Gasteiger partial charge in [-0.3, -0.25) is 0 Å². The van der Waals surface area contributed by atoms with Crippen LogP contribution in [0.1, 0.15) is 19.8 Å². The van der Waals surface area contributed by atoms with Crippen LogP contribution in [-0.4, -0.2) is 75.9 Å². The third-order valence-corrected chi connectivity index (χ3v) is 3.17. The zero-order chi connectivity index (χ0) is 12.5. The van der Waals surface area contributed by atoms with Gasteiger partial charge >= 0.3 is 0 Å². The van der Waals surface area contributed by atoms with Crippen LogP contribution in [0.4, 0.5) is 0 Å². The Morgan fingerprint density at radius 2 is 2.00 bits per heavy atom. The van der Waals surface area contributed by atoms with Crippen molar-refractivity contribution >= 4 is 0 Å². The molecule has 1 aliphatic heterocycles. The van der Waals surface area contributed by atoms with E-state index in [1.807, 2.05) is 0 Å². The van der Waals surface area contributed by atoms with Crippen LogP contribution < -0.4 is 5.32 Å². The lowest BCUT2D eigenvalue weighted by molar-refractivity contribution is 0.0171. The molecule has 0 spiro atoms. The van der Waals surface area contributed by atoms with Gasteiger partial charge in [0.05, 0.1) is 12.7 Å². The SMILES string of the molecule is CCCN(CCC1CNCCO1)CCN(C)C. The first-order valence-corrected chi connectivity index (χ1v) is 6.91. The largest absolute Gasteiger partial charge is 0.376 e. The van der Waals surface area contributed by atoms with Gasteiger partial charge in [0.1, 0.15) is 0 Å². The summed E-state index contributed by atoms with van der Waals surface area (Å²) in [5.74, 6) is 0. The normalized spacial score (nSPS) is 21.4. The van der Waals surface area contributed by atoms with Gasteiger partial charge in [0.2, 0.25) is 0 Å². The smallest absolute Gasteiger partial charge is 0.0712 e. The van der Waals surface area contributed by atoms with E-state index >= 15 is 0 Å². The van der Waals surface area contributed by atoms with Crippen LogP contribution in [0, 0.1) is 0 Å². The fourth-order valence-electron chi connectivity index (χ4n) is 2.12. The van der Waals surface area contributed by atoms with Crippen molar-refractivity contribution in [3.8, 4) is 0 Å². The van der Waals surface area contributed by atoms with Gasteiger partial charge in [-0.15, -0.1) is 0 Å². The van der Waals surface area contributed by atoms with Crippen LogP contribution in [0.5, 0.6) is 0 Å². The Balaban J connectivity index is 2.17. The molecule has 17 heavy (non-hydrogen) atoms. The first-order valence-electron chi connectivity index (χ1n) is 6.91. The zero-order valence-corrected chi connectivity index (χ0v) is 11.7. The van der Waals surface area contributed by atoms with Gasteiger partial charge in [-0.2, -0.15) is 0 Å². The number of hydrogen-bond donors (Lipinski definition) is 1. The summed E-state index contributed by atoms with van der Waals surface area (Å²) in [5, 5.41) is 3.39. The van der Waals surface area contributed by atoms with Crippen molar-refractivity contribution in [2.24, 2.45) is 0 Å². The van der Waals surface area contributed by atoms with Gasteiger partial charge in [-0.25, -0.2) is 0 Å². The molecule has 1 saturated heterocycles. The fourth-order valence-corrected chi connectivity index (χ4v) is 2.12. The first-order chi connectivity index (χ1) is 8.22. The van der Waals surface area contributed by atoms with Gasteiger partial charge in [0, 0.05) is 32.7 Å². The molecule has 1 rings (SSSR count). The summed E-state index contributed by atoms with van der Waals surface area (Å²) in [7, 11) is 4.27. The van der Waals surface area contributed by atoms with Crippen LogP contribution in [0.25, 0.3) is 0 Å². The van der Waals surface area contributed by atoms with Gasteiger partial charge < -0.3 is 19.9 Å². The number of rotatable bonds is 8. The molecule has 4 nitrogen and oxygen atoms in total. The fraction of sp³-hybridized carbons (Fsp3) is 1.00. The van der Waals surface area contributed by atoms with Crippen molar-refractivity contribution in [3.05, 3.63) is 0 Å². The molecule has 102 valence electrons. The van der Waals surface area contributed by atoms with Crippen LogP contribution in [-0.2, 0) is 4.74 Å². The predicted octanol–water partition coefficient (Wildman–Crippen LogP) is 0.639. The molecule has 0 amide bonds. The number of likely N-dealkylation sites (N-methyl/N-ethyl adjacent to an activating group) is 1. The van der Waals surface area contributed by atoms with E-state index in [4.69, 9.17) is 4.74 Å². The maximum atomic E-state index is 5.73. The van der Waals surface area contributed by atoms with Crippen molar-refractivity contribution in [2.45, 2.75) is 25.9 Å². The first kappa shape index (κ1) is 14.9. The minimum Gasteiger partial charge on any atom is -0.376 e. The highest BCUT2D eigenvalue weighted by atomic mass is 16.5. The standard InChI is InChI=1S/C13H29N3O/c1-4-7-16(10-9-15(2)3)8-5-13-12-14-6-11-17-13/h13-14H,4-12H2,1-3H3. The van der Waals surface area contributed by atoms with E-state index in [9.17, 15) is 0 Å². The zero-order valence-electron chi connectivity index (χ0n) is 11.7. The van der Waals surface area contributed by atoms with E-state index in [0.717, 1.165) is 39.2 Å². The quantitative estimate of drug-likeness (QED) is 0.677. The monoisotopic (exact) mass is 243 g/mol. The third-order valence-electron chi connectivity index (χ3n) is 3.17. The Morgan fingerprint density at radius 3 is 2.59 bits per heavy atom. The minimum atomic E-state index is 0.419. The Labute approximate surface area is 106 Å². The van der Waals surface area contributed by atoms with Crippen molar-refractivity contribution in [1.29, 1.82) is 0 Å². The molecule has 0 aromatic rings. The summed E-state index contributed by atoms with van der Waals surface area (Å²) in [6.45, 7) is 9.83. The van der Waals surface area contributed by atoms with E-state index in [1.165, 1.54) is 19.5 Å². The molecule has 4 heteroatoms. The average molecular weight is 243 g/mol. The Hall–Kier alpha value is -0.160. The average Bonchev–Trinajstić information content (AvgIpc) is 2.34. The summed E-state index contributed by atoms with van der Waals surface area (Å²) in [5.41, 5.74) is 0. The molecule has 0 bridgehead atoms. The second-order valence-electron chi connectivity index (χ2n) is 5.13. The molecule has 0 radical (unpaired) electrons. The molecule has 1 atom stereocenters. The Morgan fingerprint density at radius 1 is 1.18 bits per heavy atom. The molecule has 1 aliphatic rings. The molecule has 1 heterocycles. The molecule has 0 aliphatic carbocycles. The van der Waals surface area contributed by atoms with Crippen LogP contribution in [0.3, 0.4) is 0 Å². The number of morpholine rings is 1. The molecule has 0 aromatic carbocycles. The van der Waals surface area contributed by atoms with E-state index in [0.29, 0.717) is 6.10 Å². The summed E-state index contributed by atoms with van der Waals surface area (Å²) in [4.78, 5) is 4.80. The second-order valence-corrected chi connectivity index (χ2v) is 5.13. The van der Waals surface area contributed by atoms with Crippen molar-refractivity contribution in [3.63, 3.8) is 0 Å². The molecular weight excluding hydrogens is 214 g/mol. The van der Waals surface area contributed by atoms with Crippen LogP contribution in [0.2, 0.25) is 0 Å². The van der Waals surface area contributed by atoms with Crippen molar-refractivity contribution < 1.29 is 4.74 Å². The lowest BCUT2D eigenvalue weighted by atomic mass is 10.2. The minimum absolute atomic E-state index is 0.419. The van der Waals surface area contributed by atoms with Gasteiger partial charge in [-0.1, -0.05) is 6.92 Å². The highest BCUT2D eigenvalue weighted by Gasteiger charge is 2.14. The molecular formula is C13H29N3O. The molecule has 1 fully saturated rings. The maximum Gasteiger partial charge on any atom is 0.0712 e. The lowest BCUT2D eigenvalue weighted by Gasteiger charge is -2.28. The highest BCUT2D eigenvalue weighted by molar-refractivity contribution is 4.70. The number of nitrogens with one attached hydrogen (secondary N) is 1. The highest BCUT2D eigenvalue weighted by Crippen LogP contribution is 2.04. The summed E-state index contributed by atoms with van der Waals surface area (Å²) in [6, 6.07) is 0. The Bertz CT molecular complexity index is 182. The van der Waals surface area contributed by atoms with Crippen molar-refractivity contribution in [2.75, 3.05) is 60.0 Å². The van der Waals surface area contributed by atoms with Gasteiger partial charge in [0.15, 0.2) is 0 Å². The number of ether oxygens (including phenoxy) is 1. The maximum absolute atomic E-state index is 5.73. The molecule has 1 unspecified atom stereocenters. The molecule has 1 N–H and O–H groups in total. The lowest BCUT2D eigenvalue weighted by Crippen LogP contribution is -2.41. The van der Waals surface area contributed by atoms with Crippen molar-refractivity contribution in [1.82, 2.24) is 15.1 Å². The Kier molecular flexibility index (Phi) is 7.77. The van der Waals surface area contributed by atoms with E-state index < -0.39 is 0 Å². The van der Waals surface area contributed by atoms with E-state index in [1.54, 1.807) is 0 Å². The molecule has 0 aromatic heterocycles. The van der Waals surface area contributed by atoms with Crippen LogP contribution in [0.15, 0.2) is 0 Å². The van der Waals surface area contributed by atoms with Gasteiger partial charge in [0.25, 0.3) is 0 Å². The van der Waals surface area contributed by atoms with Crippen LogP contribution >= 0.6 is 0 Å². The van der Waals surface area contributed by atoms with E-state index in [-0.39, 0.29) is 0 Å². The summed E-state index contributed by atoms with van der Waals surface area (Å²) < 4.78 is 5.73.